The van der Waals surface area contributed by atoms with Crippen LogP contribution >= 0.6 is 0 Å². The van der Waals surface area contributed by atoms with E-state index in [4.69, 9.17) is 0 Å². The van der Waals surface area contributed by atoms with Crippen LogP contribution in [0.5, 0.6) is 0 Å². The number of amides is 1. The molecule has 4 aliphatic rings. The van der Waals surface area contributed by atoms with E-state index in [0.717, 1.165) is 49.4 Å². The first kappa shape index (κ1) is 21.5. The Hall–Kier alpha value is -3.07. The maximum Gasteiger partial charge on any atom is 0.256 e. The number of hydrogen-bond acceptors (Lipinski definition) is 5. The van der Waals surface area contributed by atoms with Gasteiger partial charge in [0, 0.05) is 38.6 Å². The van der Waals surface area contributed by atoms with Gasteiger partial charge >= 0.3 is 0 Å². The second kappa shape index (κ2) is 8.01. The number of anilines is 1. The first-order valence-electron chi connectivity index (χ1n) is 12.0. The predicted octanol–water partition coefficient (Wildman–Crippen LogP) is 3.38. The van der Waals surface area contributed by atoms with E-state index < -0.39 is 17.5 Å². The average Bonchev–Trinajstić information content (AvgIpc) is 3.45. The van der Waals surface area contributed by atoms with Crippen LogP contribution in [0.2, 0.25) is 0 Å². The molecule has 178 valence electrons. The summed E-state index contributed by atoms with van der Waals surface area (Å²) in [4.78, 5) is 23.1. The molecule has 1 saturated heterocycles. The number of imidazole rings is 1. The molecule has 0 aromatic carbocycles. The summed E-state index contributed by atoms with van der Waals surface area (Å²) in [5.74, 6) is -1.27. The van der Waals surface area contributed by atoms with Crippen molar-refractivity contribution in [3.8, 4) is 0 Å². The van der Waals surface area contributed by atoms with E-state index in [9.17, 15) is 13.6 Å². The van der Waals surface area contributed by atoms with Crippen molar-refractivity contribution in [2.75, 3.05) is 24.5 Å². The van der Waals surface area contributed by atoms with Gasteiger partial charge in [-0.1, -0.05) is 6.07 Å². The highest BCUT2D eigenvalue weighted by Crippen LogP contribution is 2.69. The Bertz CT molecular complexity index is 1230. The van der Waals surface area contributed by atoms with Gasteiger partial charge in [0.2, 0.25) is 5.95 Å². The number of pyridine rings is 2. The molecule has 34 heavy (non-hydrogen) atoms. The van der Waals surface area contributed by atoms with Crippen molar-refractivity contribution in [3.05, 3.63) is 59.6 Å². The third-order valence-corrected chi connectivity index (χ3v) is 7.44. The maximum atomic E-state index is 14.2. The third kappa shape index (κ3) is 3.91. The summed E-state index contributed by atoms with van der Waals surface area (Å²) in [5, 5.41) is 6.22. The normalized spacial score (nSPS) is 25.3. The van der Waals surface area contributed by atoms with E-state index in [1.54, 1.807) is 6.07 Å². The van der Waals surface area contributed by atoms with Gasteiger partial charge in [0.25, 0.3) is 5.91 Å². The molecule has 7 rings (SSSR count). The highest BCUT2D eigenvalue weighted by Gasteiger charge is 2.68. The van der Waals surface area contributed by atoms with Crippen molar-refractivity contribution in [2.24, 2.45) is 5.41 Å². The molecule has 0 atom stereocenters. The van der Waals surface area contributed by atoms with Gasteiger partial charge in [-0.05, 0) is 55.2 Å². The molecule has 2 bridgehead atoms. The first-order chi connectivity index (χ1) is 16.4. The van der Waals surface area contributed by atoms with Gasteiger partial charge < -0.3 is 19.9 Å². The molecule has 3 aliphatic carbocycles. The Morgan fingerprint density at radius 2 is 1.91 bits per heavy atom. The minimum absolute atomic E-state index is 0.0519. The fourth-order valence-electron chi connectivity index (χ4n) is 5.81. The van der Waals surface area contributed by atoms with E-state index in [0.29, 0.717) is 31.5 Å². The Balaban J connectivity index is 1.06. The summed E-state index contributed by atoms with van der Waals surface area (Å²) in [6.45, 7) is 3.54. The van der Waals surface area contributed by atoms with Crippen LogP contribution in [0.15, 0.2) is 36.8 Å². The van der Waals surface area contributed by atoms with Crippen LogP contribution in [-0.4, -0.2) is 45.6 Å². The van der Waals surface area contributed by atoms with E-state index in [1.165, 1.54) is 6.20 Å². The standard InChI is InChI=1S/C25H28F2N6O/c26-22-20(7-19(10-29-22)32-5-1-2-6-32)23(34)30-9-18-12-33-11-17(3-4-21(33)31-18)8-28-16-24-13-25(27,14-24)15-24/h3-4,7,10-12,28H,1-2,5-6,8-9,13-16H2,(H,30,34). The van der Waals surface area contributed by atoms with Gasteiger partial charge in [0.05, 0.1) is 29.7 Å². The number of carbonyl (C=O) groups is 1. The summed E-state index contributed by atoms with van der Waals surface area (Å²) < 4.78 is 29.8. The minimum Gasteiger partial charge on any atom is -0.370 e. The highest BCUT2D eigenvalue weighted by atomic mass is 19.1. The molecule has 3 aromatic heterocycles. The van der Waals surface area contributed by atoms with Gasteiger partial charge in [-0.25, -0.2) is 14.4 Å². The first-order valence-corrected chi connectivity index (χ1v) is 12.0. The Morgan fingerprint density at radius 1 is 1.12 bits per heavy atom. The second-order valence-corrected chi connectivity index (χ2v) is 10.2. The molecule has 4 fully saturated rings. The number of fused-ring (bicyclic) bond motifs is 1. The molecule has 7 nitrogen and oxygen atoms in total. The summed E-state index contributed by atoms with van der Waals surface area (Å²) in [6.07, 6.45) is 9.63. The maximum absolute atomic E-state index is 14.2. The largest absolute Gasteiger partial charge is 0.370 e. The van der Waals surface area contributed by atoms with Gasteiger partial charge in [-0.2, -0.15) is 4.39 Å². The number of carbonyl (C=O) groups excluding carboxylic acids is 1. The lowest BCUT2D eigenvalue weighted by Gasteiger charge is -2.66. The third-order valence-electron chi connectivity index (χ3n) is 7.44. The van der Waals surface area contributed by atoms with Crippen molar-refractivity contribution >= 4 is 17.2 Å². The van der Waals surface area contributed by atoms with Crippen molar-refractivity contribution in [2.45, 2.75) is 50.9 Å². The number of hydrogen-bond donors (Lipinski definition) is 2. The Kier molecular flexibility index (Phi) is 5.05. The van der Waals surface area contributed by atoms with E-state index in [1.807, 2.05) is 28.9 Å². The molecule has 3 saturated carbocycles. The molecular weight excluding hydrogens is 438 g/mol. The zero-order chi connectivity index (χ0) is 23.3. The molecule has 4 heterocycles. The quantitative estimate of drug-likeness (QED) is 0.498. The van der Waals surface area contributed by atoms with E-state index in [2.05, 4.69) is 25.5 Å². The number of halogens is 2. The fraction of sp³-hybridized carbons (Fsp3) is 0.480. The summed E-state index contributed by atoms with van der Waals surface area (Å²) in [7, 11) is 0. The van der Waals surface area contributed by atoms with Gasteiger partial charge in [0.15, 0.2) is 0 Å². The van der Waals surface area contributed by atoms with Crippen LogP contribution in [0.25, 0.3) is 5.65 Å². The summed E-state index contributed by atoms with van der Waals surface area (Å²) >= 11 is 0. The zero-order valence-electron chi connectivity index (χ0n) is 19.0. The van der Waals surface area contributed by atoms with Crippen LogP contribution in [0.4, 0.5) is 14.5 Å². The van der Waals surface area contributed by atoms with Crippen LogP contribution in [0.1, 0.15) is 53.7 Å². The van der Waals surface area contributed by atoms with E-state index in [-0.39, 0.29) is 17.5 Å². The van der Waals surface area contributed by atoms with Crippen LogP contribution in [0, 0.1) is 11.4 Å². The van der Waals surface area contributed by atoms with E-state index >= 15 is 0 Å². The van der Waals surface area contributed by atoms with Crippen molar-refractivity contribution in [1.29, 1.82) is 0 Å². The molecule has 2 N–H and O–H groups in total. The number of nitrogens with one attached hydrogen (secondary N) is 2. The zero-order valence-corrected chi connectivity index (χ0v) is 19.0. The smallest absolute Gasteiger partial charge is 0.256 e. The number of aromatic nitrogens is 3. The monoisotopic (exact) mass is 466 g/mol. The molecule has 1 amide bonds. The van der Waals surface area contributed by atoms with Crippen LogP contribution in [0.3, 0.4) is 0 Å². The lowest BCUT2D eigenvalue weighted by Crippen LogP contribution is -2.67. The topological polar surface area (TPSA) is 74.6 Å². The van der Waals surface area contributed by atoms with Crippen LogP contribution < -0.4 is 15.5 Å². The van der Waals surface area contributed by atoms with Crippen molar-refractivity contribution in [3.63, 3.8) is 0 Å². The summed E-state index contributed by atoms with van der Waals surface area (Å²) in [5.41, 5.74) is 2.61. The Morgan fingerprint density at radius 3 is 2.68 bits per heavy atom. The predicted molar refractivity (Wildman–Crippen MR) is 124 cm³/mol. The van der Waals surface area contributed by atoms with Crippen molar-refractivity contribution in [1.82, 2.24) is 25.0 Å². The SMILES string of the molecule is O=C(NCc1cn2cc(CNCC34CC(F)(C3)C4)ccc2n1)c1cc(N2CCCC2)cnc1F. The van der Waals surface area contributed by atoms with Gasteiger partial charge in [-0.3, -0.25) is 4.79 Å². The number of alkyl halides is 1. The molecule has 0 radical (unpaired) electrons. The molecule has 9 heteroatoms. The number of rotatable bonds is 8. The minimum atomic E-state index is -0.859. The molecular formula is C25H28F2N6O. The second-order valence-electron chi connectivity index (χ2n) is 10.2. The average molecular weight is 467 g/mol. The lowest BCUT2D eigenvalue weighted by molar-refractivity contribution is -0.209. The molecule has 3 aromatic rings. The lowest BCUT2D eigenvalue weighted by atomic mass is 9.42. The molecule has 0 spiro atoms. The van der Waals surface area contributed by atoms with Crippen LogP contribution in [-0.2, 0) is 13.1 Å². The van der Waals surface area contributed by atoms with Gasteiger partial charge in [-0.15, -0.1) is 0 Å². The molecule has 0 unspecified atom stereocenters. The number of nitrogens with zero attached hydrogens (tertiary/aromatic N) is 4. The van der Waals surface area contributed by atoms with Gasteiger partial charge in [0.1, 0.15) is 11.3 Å². The fourth-order valence-corrected chi connectivity index (χ4v) is 5.81. The summed E-state index contributed by atoms with van der Waals surface area (Å²) in [6, 6.07) is 5.52. The van der Waals surface area contributed by atoms with Crippen molar-refractivity contribution < 1.29 is 13.6 Å². The highest BCUT2D eigenvalue weighted by molar-refractivity contribution is 5.95. The molecule has 1 aliphatic heterocycles. The Labute approximate surface area is 196 Å².